The lowest BCUT2D eigenvalue weighted by Gasteiger charge is -2.22. The van der Waals surface area contributed by atoms with E-state index in [2.05, 4.69) is 38.6 Å². The van der Waals surface area contributed by atoms with Crippen molar-refractivity contribution in [2.45, 2.75) is 38.0 Å². The van der Waals surface area contributed by atoms with Gasteiger partial charge >= 0.3 is 0 Å². The minimum Gasteiger partial charge on any atom is -0.490 e. The molecular formula is C27H28BrN3O4. The number of benzene rings is 3. The summed E-state index contributed by atoms with van der Waals surface area (Å²) < 4.78 is 12.7. The van der Waals surface area contributed by atoms with Crippen molar-refractivity contribution in [3.05, 3.63) is 92.4 Å². The smallest absolute Gasteiger partial charge is 0.269 e. The summed E-state index contributed by atoms with van der Waals surface area (Å²) in [5.74, 6) is 2.21. The molecule has 1 aliphatic carbocycles. The van der Waals surface area contributed by atoms with Crippen molar-refractivity contribution in [1.29, 1.82) is 0 Å². The molecule has 0 unspecified atom stereocenters. The lowest BCUT2D eigenvalue weighted by Crippen LogP contribution is -2.10. The van der Waals surface area contributed by atoms with E-state index in [1.807, 2.05) is 30.3 Å². The Morgan fingerprint density at radius 2 is 1.69 bits per heavy atom. The summed E-state index contributed by atoms with van der Waals surface area (Å²) >= 11 is 3.48. The monoisotopic (exact) mass is 537 g/mol. The fourth-order valence-electron chi connectivity index (χ4n) is 4.17. The van der Waals surface area contributed by atoms with Crippen LogP contribution in [0.25, 0.3) is 0 Å². The van der Waals surface area contributed by atoms with Gasteiger partial charge in [-0.2, -0.15) is 5.10 Å². The van der Waals surface area contributed by atoms with Crippen molar-refractivity contribution < 1.29 is 14.4 Å². The predicted octanol–water partition coefficient (Wildman–Crippen LogP) is 7.31. The molecule has 4 rings (SSSR count). The van der Waals surface area contributed by atoms with Gasteiger partial charge in [-0.15, -0.1) is 0 Å². The van der Waals surface area contributed by atoms with E-state index < -0.39 is 4.92 Å². The zero-order chi connectivity index (χ0) is 24.5. The highest BCUT2D eigenvalue weighted by Crippen LogP contribution is 2.33. The second-order valence-electron chi connectivity index (χ2n) is 8.46. The molecule has 1 fully saturated rings. The molecule has 1 saturated carbocycles. The standard InChI is InChI=1S/C27H28BrN3O4/c28-23-8-15-27(22(18-23)19-29-30-24-9-11-25(12-10-24)31(32)33)35-17-16-34-26-13-6-21(7-14-26)20-4-2-1-3-5-20/h6-15,18-20,30H,1-5,16-17H2/b29-19-. The van der Waals surface area contributed by atoms with E-state index in [0.717, 1.165) is 15.8 Å². The SMILES string of the molecule is O=[N+]([O-])c1ccc(N/N=C\c2cc(Br)ccc2OCCOc2ccc(C3CCCCC3)cc2)cc1. The van der Waals surface area contributed by atoms with Crippen LogP contribution in [-0.4, -0.2) is 24.4 Å². The Morgan fingerprint density at radius 1 is 0.971 bits per heavy atom. The van der Waals surface area contributed by atoms with Crippen LogP contribution in [0.4, 0.5) is 11.4 Å². The third-order valence-electron chi connectivity index (χ3n) is 6.01. The summed E-state index contributed by atoms with van der Waals surface area (Å²) in [5.41, 5.74) is 5.75. The van der Waals surface area contributed by atoms with Gasteiger partial charge in [0.1, 0.15) is 24.7 Å². The van der Waals surface area contributed by atoms with Crippen LogP contribution in [-0.2, 0) is 0 Å². The van der Waals surface area contributed by atoms with Crippen molar-refractivity contribution in [3.8, 4) is 11.5 Å². The number of ether oxygens (including phenoxy) is 2. The van der Waals surface area contributed by atoms with Crippen LogP contribution in [0, 0.1) is 10.1 Å². The number of non-ortho nitro benzene ring substituents is 1. The Hall–Kier alpha value is -3.39. The Bertz CT molecular complexity index is 1140. The number of rotatable bonds is 10. The van der Waals surface area contributed by atoms with Gasteiger partial charge in [-0.1, -0.05) is 47.3 Å². The van der Waals surface area contributed by atoms with Crippen molar-refractivity contribution in [2.75, 3.05) is 18.6 Å². The van der Waals surface area contributed by atoms with E-state index in [9.17, 15) is 10.1 Å². The van der Waals surface area contributed by atoms with Crippen molar-refractivity contribution in [1.82, 2.24) is 0 Å². The number of hydrogen-bond acceptors (Lipinski definition) is 6. The lowest BCUT2D eigenvalue weighted by molar-refractivity contribution is -0.384. The first-order valence-electron chi connectivity index (χ1n) is 11.8. The highest BCUT2D eigenvalue weighted by Gasteiger charge is 2.15. The molecule has 0 aliphatic heterocycles. The largest absolute Gasteiger partial charge is 0.490 e. The maximum absolute atomic E-state index is 10.8. The summed E-state index contributed by atoms with van der Waals surface area (Å²) in [4.78, 5) is 10.3. The van der Waals surface area contributed by atoms with Crippen LogP contribution in [0.1, 0.15) is 49.1 Å². The summed E-state index contributed by atoms with van der Waals surface area (Å²) in [6.07, 6.45) is 8.24. The molecule has 0 bridgehead atoms. The van der Waals surface area contributed by atoms with Gasteiger partial charge in [0.15, 0.2) is 0 Å². The second kappa shape index (κ2) is 12.4. The summed E-state index contributed by atoms with van der Waals surface area (Å²) in [6.45, 7) is 0.819. The fourth-order valence-corrected chi connectivity index (χ4v) is 4.55. The molecule has 0 heterocycles. The minimum atomic E-state index is -0.436. The van der Waals surface area contributed by atoms with Gasteiger partial charge < -0.3 is 9.47 Å². The number of halogens is 1. The van der Waals surface area contributed by atoms with Gasteiger partial charge in [-0.05, 0) is 66.8 Å². The predicted molar refractivity (Wildman–Crippen MR) is 142 cm³/mol. The molecule has 3 aromatic carbocycles. The molecule has 35 heavy (non-hydrogen) atoms. The van der Waals surface area contributed by atoms with Crippen LogP contribution in [0.2, 0.25) is 0 Å². The molecule has 1 aliphatic rings. The van der Waals surface area contributed by atoms with Crippen molar-refractivity contribution in [3.63, 3.8) is 0 Å². The van der Waals surface area contributed by atoms with E-state index in [-0.39, 0.29) is 5.69 Å². The van der Waals surface area contributed by atoms with Gasteiger partial charge in [0.2, 0.25) is 0 Å². The number of anilines is 1. The van der Waals surface area contributed by atoms with Crippen LogP contribution in [0.3, 0.4) is 0 Å². The Kier molecular flexibility index (Phi) is 8.73. The number of nitrogens with zero attached hydrogens (tertiary/aromatic N) is 2. The Labute approximate surface area is 213 Å². The zero-order valence-corrected chi connectivity index (χ0v) is 20.9. The highest BCUT2D eigenvalue weighted by atomic mass is 79.9. The van der Waals surface area contributed by atoms with Gasteiger partial charge in [0.05, 0.1) is 16.8 Å². The highest BCUT2D eigenvalue weighted by molar-refractivity contribution is 9.10. The quantitative estimate of drug-likeness (QED) is 0.127. The van der Waals surface area contributed by atoms with E-state index in [1.165, 1.54) is 49.8 Å². The van der Waals surface area contributed by atoms with Crippen LogP contribution >= 0.6 is 15.9 Å². The molecule has 0 atom stereocenters. The van der Waals surface area contributed by atoms with Gasteiger partial charge in [-0.25, -0.2) is 0 Å². The molecule has 8 heteroatoms. The van der Waals surface area contributed by atoms with Crippen LogP contribution in [0.15, 0.2) is 76.3 Å². The maximum atomic E-state index is 10.8. The lowest BCUT2D eigenvalue weighted by atomic mass is 9.84. The van der Waals surface area contributed by atoms with E-state index in [0.29, 0.717) is 30.6 Å². The molecule has 0 radical (unpaired) electrons. The topological polar surface area (TPSA) is 86.0 Å². The molecule has 0 amide bonds. The Morgan fingerprint density at radius 3 is 2.40 bits per heavy atom. The number of nitrogens with one attached hydrogen (secondary N) is 1. The first kappa shape index (κ1) is 24.7. The van der Waals surface area contributed by atoms with Crippen molar-refractivity contribution in [2.24, 2.45) is 5.10 Å². The summed E-state index contributed by atoms with van der Waals surface area (Å²) in [7, 11) is 0. The van der Waals surface area contributed by atoms with E-state index in [1.54, 1.807) is 18.3 Å². The molecule has 0 saturated heterocycles. The molecule has 3 aromatic rings. The average Bonchev–Trinajstić information content (AvgIpc) is 2.89. The van der Waals surface area contributed by atoms with Crippen LogP contribution < -0.4 is 14.9 Å². The summed E-state index contributed by atoms with van der Waals surface area (Å²) in [6, 6.07) is 20.2. The van der Waals surface area contributed by atoms with E-state index >= 15 is 0 Å². The number of nitro benzene ring substituents is 1. The third kappa shape index (κ3) is 7.29. The summed E-state index contributed by atoms with van der Waals surface area (Å²) in [5, 5.41) is 15.0. The van der Waals surface area contributed by atoms with Crippen molar-refractivity contribution >= 4 is 33.5 Å². The molecule has 1 N–H and O–H groups in total. The first-order chi connectivity index (χ1) is 17.1. The van der Waals surface area contributed by atoms with Crippen LogP contribution in [0.5, 0.6) is 11.5 Å². The number of hydrazone groups is 1. The molecule has 7 nitrogen and oxygen atoms in total. The van der Waals surface area contributed by atoms with Gasteiger partial charge in [0, 0.05) is 22.2 Å². The zero-order valence-electron chi connectivity index (χ0n) is 19.4. The molecular weight excluding hydrogens is 510 g/mol. The minimum absolute atomic E-state index is 0.0320. The number of nitro groups is 1. The third-order valence-corrected chi connectivity index (χ3v) is 6.51. The van der Waals surface area contributed by atoms with Gasteiger partial charge in [-0.3, -0.25) is 15.5 Å². The van der Waals surface area contributed by atoms with Gasteiger partial charge in [0.25, 0.3) is 5.69 Å². The normalized spacial score (nSPS) is 14.1. The average molecular weight is 538 g/mol. The number of hydrogen-bond donors (Lipinski definition) is 1. The molecule has 0 spiro atoms. The van der Waals surface area contributed by atoms with E-state index in [4.69, 9.17) is 9.47 Å². The molecule has 182 valence electrons. The maximum Gasteiger partial charge on any atom is 0.269 e. The molecule has 0 aromatic heterocycles. The fraction of sp³-hybridized carbons (Fsp3) is 0.296. The second-order valence-corrected chi connectivity index (χ2v) is 9.37. The Balaban J connectivity index is 1.27. The first-order valence-corrected chi connectivity index (χ1v) is 12.6.